The Labute approximate surface area is 79.6 Å². The molecule has 1 aromatic heterocycles. The molecular formula is C11H17NO. The fourth-order valence-corrected chi connectivity index (χ4v) is 1.31. The van der Waals surface area contributed by atoms with E-state index in [1.807, 2.05) is 18.2 Å². The molecule has 0 radical (unpaired) electrons. The summed E-state index contributed by atoms with van der Waals surface area (Å²) < 4.78 is 0. The number of nitrogens with zero attached hydrogens (tertiary/aromatic N) is 1. The number of aliphatic hydroxyl groups is 1. The molecule has 0 saturated carbocycles. The Morgan fingerprint density at radius 1 is 1.38 bits per heavy atom. The third-order valence-electron chi connectivity index (χ3n) is 2.11. The number of aliphatic hydroxyl groups excluding tert-OH is 1. The van der Waals surface area contributed by atoms with Crippen LogP contribution in [0.25, 0.3) is 0 Å². The minimum Gasteiger partial charge on any atom is -0.387 e. The van der Waals surface area contributed by atoms with Crippen LogP contribution in [0.1, 0.15) is 44.4 Å². The van der Waals surface area contributed by atoms with Gasteiger partial charge in [0.05, 0.1) is 11.8 Å². The summed E-state index contributed by atoms with van der Waals surface area (Å²) in [6.45, 7) is 2.16. The summed E-state index contributed by atoms with van der Waals surface area (Å²) in [4.78, 5) is 4.11. The van der Waals surface area contributed by atoms with E-state index < -0.39 is 0 Å². The quantitative estimate of drug-likeness (QED) is 0.705. The van der Waals surface area contributed by atoms with Crippen molar-refractivity contribution in [2.45, 2.75) is 38.7 Å². The summed E-state index contributed by atoms with van der Waals surface area (Å²) in [5.41, 5.74) is 0.790. The second kappa shape index (κ2) is 5.70. The molecule has 0 bridgehead atoms. The van der Waals surface area contributed by atoms with Gasteiger partial charge >= 0.3 is 0 Å². The lowest BCUT2D eigenvalue weighted by atomic mass is 10.1. The number of aromatic nitrogens is 1. The predicted octanol–water partition coefficient (Wildman–Crippen LogP) is 2.70. The molecule has 0 aliphatic carbocycles. The third-order valence-corrected chi connectivity index (χ3v) is 2.11. The van der Waals surface area contributed by atoms with E-state index in [1.54, 1.807) is 6.20 Å². The molecule has 0 spiro atoms. The third kappa shape index (κ3) is 3.55. The average Bonchev–Trinajstić information content (AvgIpc) is 2.19. The fourth-order valence-electron chi connectivity index (χ4n) is 1.31. The highest BCUT2D eigenvalue weighted by Gasteiger charge is 2.06. The van der Waals surface area contributed by atoms with Gasteiger partial charge in [-0.2, -0.15) is 0 Å². The summed E-state index contributed by atoms with van der Waals surface area (Å²) in [6, 6.07) is 5.64. The second-order valence-corrected chi connectivity index (χ2v) is 3.27. The Balaban J connectivity index is 2.35. The molecule has 2 nitrogen and oxygen atoms in total. The summed E-state index contributed by atoms with van der Waals surface area (Å²) in [7, 11) is 0. The van der Waals surface area contributed by atoms with E-state index in [0.717, 1.165) is 18.5 Å². The van der Waals surface area contributed by atoms with Gasteiger partial charge in [0.25, 0.3) is 0 Å². The molecular weight excluding hydrogens is 162 g/mol. The molecule has 0 amide bonds. The van der Waals surface area contributed by atoms with Crippen molar-refractivity contribution in [1.29, 1.82) is 0 Å². The van der Waals surface area contributed by atoms with E-state index in [4.69, 9.17) is 0 Å². The van der Waals surface area contributed by atoms with E-state index in [9.17, 15) is 5.11 Å². The minimum absolute atomic E-state index is 0.382. The summed E-state index contributed by atoms with van der Waals surface area (Å²) in [5, 5.41) is 9.68. The lowest BCUT2D eigenvalue weighted by Gasteiger charge is -2.08. The SMILES string of the molecule is CCCCC[C@H](O)c1ccccn1. The Kier molecular flexibility index (Phi) is 4.47. The molecule has 0 aliphatic rings. The van der Waals surface area contributed by atoms with Crippen LogP contribution in [0, 0.1) is 0 Å². The number of rotatable bonds is 5. The van der Waals surface area contributed by atoms with Gasteiger partial charge in [-0.15, -0.1) is 0 Å². The zero-order valence-corrected chi connectivity index (χ0v) is 8.11. The van der Waals surface area contributed by atoms with Gasteiger partial charge in [0.2, 0.25) is 0 Å². The van der Waals surface area contributed by atoms with E-state index in [0.29, 0.717) is 0 Å². The van der Waals surface area contributed by atoms with Gasteiger partial charge < -0.3 is 5.11 Å². The lowest BCUT2D eigenvalue weighted by Crippen LogP contribution is -1.99. The van der Waals surface area contributed by atoms with Crippen molar-refractivity contribution in [2.24, 2.45) is 0 Å². The maximum Gasteiger partial charge on any atom is 0.0959 e. The van der Waals surface area contributed by atoms with Crippen molar-refractivity contribution in [1.82, 2.24) is 4.98 Å². The Bertz CT molecular complexity index is 223. The van der Waals surface area contributed by atoms with Crippen molar-refractivity contribution >= 4 is 0 Å². The summed E-state index contributed by atoms with van der Waals surface area (Å²) in [5.74, 6) is 0. The molecule has 0 aliphatic heterocycles. The minimum atomic E-state index is -0.382. The van der Waals surface area contributed by atoms with Crippen molar-refractivity contribution in [3.63, 3.8) is 0 Å². The molecule has 0 fully saturated rings. The largest absolute Gasteiger partial charge is 0.387 e. The van der Waals surface area contributed by atoms with Crippen LogP contribution in [0.4, 0.5) is 0 Å². The topological polar surface area (TPSA) is 33.1 Å². The monoisotopic (exact) mass is 179 g/mol. The zero-order chi connectivity index (χ0) is 9.52. The van der Waals surface area contributed by atoms with Crippen LogP contribution in [-0.2, 0) is 0 Å². The molecule has 1 atom stereocenters. The summed E-state index contributed by atoms with van der Waals surface area (Å²) >= 11 is 0. The molecule has 13 heavy (non-hydrogen) atoms. The summed E-state index contributed by atoms with van der Waals surface area (Å²) in [6.07, 6.45) is 5.61. The first kappa shape index (κ1) is 10.2. The fraction of sp³-hybridized carbons (Fsp3) is 0.545. The number of hydrogen-bond acceptors (Lipinski definition) is 2. The molecule has 1 rings (SSSR count). The van der Waals surface area contributed by atoms with Crippen LogP contribution in [0.3, 0.4) is 0 Å². The number of pyridine rings is 1. The van der Waals surface area contributed by atoms with Crippen LogP contribution in [0.5, 0.6) is 0 Å². The van der Waals surface area contributed by atoms with Crippen molar-refractivity contribution in [3.05, 3.63) is 30.1 Å². The van der Waals surface area contributed by atoms with Gasteiger partial charge in [-0.25, -0.2) is 0 Å². The van der Waals surface area contributed by atoms with Crippen molar-refractivity contribution < 1.29 is 5.11 Å². The van der Waals surface area contributed by atoms with Gasteiger partial charge in [-0.05, 0) is 18.6 Å². The molecule has 72 valence electrons. The highest BCUT2D eigenvalue weighted by Crippen LogP contribution is 2.16. The van der Waals surface area contributed by atoms with Gasteiger partial charge in [-0.1, -0.05) is 32.3 Å². The Hall–Kier alpha value is -0.890. The average molecular weight is 179 g/mol. The van der Waals surface area contributed by atoms with Crippen LogP contribution >= 0.6 is 0 Å². The first-order chi connectivity index (χ1) is 6.34. The molecule has 1 heterocycles. The van der Waals surface area contributed by atoms with E-state index in [2.05, 4.69) is 11.9 Å². The smallest absolute Gasteiger partial charge is 0.0959 e. The van der Waals surface area contributed by atoms with Crippen LogP contribution in [-0.4, -0.2) is 10.1 Å². The van der Waals surface area contributed by atoms with Crippen LogP contribution < -0.4 is 0 Å². The molecule has 0 unspecified atom stereocenters. The lowest BCUT2D eigenvalue weighted by molar-refractivity contribution is 0.159. The molecule has 0 aromatic carbocycles. The Morgan fingerprint density at radius 2 is 2.23 bits per heavy atom. The van der Waals surface area contributed by atoms with Crippen molar-refractivity contribution in [3.8, 4) is 0 Å². The van der Waals surface area contributed by atoms with E-state index >= 15 is 0 Å². The normalized spacial score (nSPS) is 12.8. The Morgan fingerprint density at radius 3 is 2.85 bits per heavy atom. The predicted molar refractivity (Wildman–Crippen MR) is 53.3 cm³/mol. The molecule has 1 aromatic rings. The first-order valence-corrected chi connectivity index (χ1v) is 4.93. The van der Waals surface area contributed by atoms with E-state index in [-0.39, 0.29) is 6.10 Å². The maximum atomic E-state index is 9.68. The standard InChI is InChI=1S/C11H17NO/c1-2-3-4-8-11(13)10-7-5-6-9-12-10/h5-7,9,11,13H,2-4,8H2,1H3/t11-/m0/s1. The number of hydrogen-bond donors (Lipinski definition) is 1. The number of unbranched alkanes of at least 4 members (excludes halogenated alkanes) is 2. The highest BCUT2D eigenvalue weighted by molar-refractivity contribution is 5.06. The maximum absolute atomic E-state index is 9.68. The second-order valence-electron chi connectivity index (χ2n) is 3.27. The van der Waals surface area contributed by atoms with Crippen LogP contribution in [0.15, 0.2) is 24.4 Å². The van der Waals surface area contributed by atoms with Crippen LogP contribution in [0.2, 0.25) is 0 Å². The zero-order valence-electron chi connectivity index (χ0n) is 8.11. The van der Waals surface area contributed by atoms with Gasteiger partial charge in [0, 0.05) is 6.20 Å². The van der Waals surface area contributed by atoms with Crippen molar-refractivity contribution in [2.75, 3.05) is 0 Å². The van der Waals surface area contributed by atoms with Gasteiger partial charge in [0.15, 0.2) is 0 Å². The van der Waals surface area contributed by atoms with Gasteiger partial charge in [-0.3, -0.25) is 4.98 Å². The first-order valence-electron chi connectivity index (χ1n) is 4.93. The molecule has 0 saturated heterocycles. The van der Waals surface area contributed by atoms with Gasteiger partial charge in [0.1, 0.15) is 0 Å². The van der Waals surface area contributed by atoms with E-state index in [1.165, 1.54) is 12.8 Å². The molecule has 2 heteroatoms. The molecule has 1 N–H and O–H groups in total. The highest BCUT2D eigenvalue weighted by atomic mass is 16.3.